The van der Waals surface area contributed by atoms with E-state index in [-0.39, 0.29) is 12.6 Å². The summed E-state index contributed by atoms with van der Waals surface area (Å²) in [4.78, 5) is 22.7. The Balaban J connectivity index is 2.57. The number of hydrogen-bond acceptors (Lipinski definition) is 3. The molecule has 0 aromatic heterocycles. The number of nitriles is 1. The maximum atomic E-state index is 11.5. The lowest BCUT2D eigenvalue weighted by molar-refractivity contribution is -0.139. The fraction of sp³-hybridized carbons (Fsp3) is 0.250. The lowest BCUT2D eigenvalue weighted by Gasteiger charge is -2.13. The fourth-order valence-corrected chi connectivity index (χ4v) is 1.56. The standard InChI is InChI=1S/C12H12BrN3O2/c1-8(9-2-4-10(13)5-3-9)16-12(18)11(17)15-7-6-14/h2-5,8H,7H2,1H3,(H,15,17)(H,16,18)/t8-/m0/s1. The van der Waals surface area contributed by atoms with Gasteiger partial charge in [0.15, 0.2) is 0 Å². The van der Waals surface area contributed by atoms with Crippen LogP contribution >= 0.6 is 15.9 Å². The molecule has 0 heterocycles. The molecule has 94 valence electrons. The van der Waals surface area contributed by atoms with Gasteiger partial charge in [-0.25, -0.2) is 0 Å². The Morgan fingerprint density at radius 1 is 1.33 bits per heavy atom. The van der Waals surface area contributed by atoms with E-state index in [4.69, 9.17) is 5.26 Å². The molecule has 0 radical (unpaired) electrons. The molecule has 0 spiro atoms. The number of amides is 2. The largest absolute Gasteiger partial charge is 0.341 e. The fourth-order valence-electron chi connectivity index (χ4n) is 1.30. The van der Waals surface area contributed by atoms with Gasteiger partial charge in [0.2, 0.25) is 0 Å². The van der Waals surface area contributed by atoms with Gasteiger partial charge in [-0.15, -0.1) is 0 Å². The summed E-state index contributed by atoms with van der Waals surface area (Å²) in [6.45, 7) is 1.59. The van der Waals surface area contributed by atoms with E-state index >= 15 is 0 Å². The predicted molar refractivity (Wildman–Crippen MR) is 69.3 cm³/mol. The summed E-state index contributed by atoms with van der Waals surface area (Å²) in [6, 6.07) is 8.86. The normalized spacial score (nSPS) is 11.2. The summed E-state index contributed by atoms with van der Waals surface area (Å²) in [5.41, 5.74) is 0.889. The second-order valence-corrected chi connectivity index (χ2v) is 4.50. The lowest BCUT2D eigenvalue weighted by Crippen LogP contribution is -2.41. The van der Waals surface area contributed by atoms with Crippen molar-refractivity contribution in [3.05, 3.63) is 34.3 Å². The maximum absolute atomic E-state index is 11.5. The molecule has 0 saturated carbocycles. The maximum Gasteiger partial charge on any atom is 0.310 e. The van der Waals surface area contributed by atoms with Crippen molar-refractivity contribution >= 4 is 27.7 Å². The summed E-state index contributed by atoms with van der Waals surface area (Å²) in [6.07, 6.45) is 0. The van der Waals surface area contributed by atoms with Crippen LogP contribution in [0.25, 0.3) is 0 Å². The molecule has 0 bridgehead atoms. The van der Waals surface area contributed by atoms with E-state index in [1.807, 2.05) is 24.3 Å². The molecule has 0 aliphatic rings. The number of rotatable bonds is 3. The van der Waals surface area contributed by atoms with Gasteiger partial charge in [-0.3, -0.25) is 9.59 Å². The van der Waals surface area contributed by atoms with Crippen molar-refractivity contribution in [3.63, 3.8) is 0 Å². The Labute approximate surface area is 113 Å². The average Bonchev–Trinajstić information content (AvgIpc) is 2.36. The van der Waals surface area contributed by atoms with Crippen LogP contribution in [0.2, 0.25) is 0 Å². The molecular formula is C12H12BrN3O2. The summed E-state index contributed by atoms with van der Waals surface area (Å²) in [7, 11) is 0. The van der Waals surface area contributed by atoms with Crippen LogP contribution in [-0.2, 0) is 9.59 Å². The highest BCUT2D eigenvalue weighted by Gasteiger charge is 2.16. The number of benzene rings is 1. The monoisotopic (exact) mass is 309 g/mol. The van der Waals surface area contributed by atoms with Crippen molar-refractivity contribution < 1.29 is 9.59 Å². The number of nitrogens with one attached hydrogen (secondary N) is 2. The third-order valence-electron chi connectivity index (χ3n) is 2.25. The molecule has 2 amide bonds. The molecule has 1 aromatic carbocycles. The van der Waals surface area contributed by atoms with Crippen LogP contribution in [0.3, 0.4) is 0 Å². The number of halogens is 1. The van der Waals surface area contributed by atoms with Gasteiger partial charge >= 0.3 is 11.8 Å². The molecular weight excluding hydrogens is 298 g/mol. The zero-order valence-electron chi connectivity index (χ0n) is 9.74. The average molecular weight is 310 g/mol. The first-order valence-electron chi connectivity index (χ1n) is 5.25. The Morgan fingerprint density at radius 3 is 2.50 bits per heavy atom. The summed E-state index contributed by atoms with van der Waals surface area (Å²) in [5, 5.41) is 13.0. The van der Waals surface area contributed by atoms with Gasteiger partial charge in [0, 0.05) is 4.47 Å². The third kappa shape index (κ3) is 4.18. The van der Waals surface area contributed by atoms with E-state index in [0.29, 0.717) is 0 Å². The van der Waals surface area contributed by atoms with E-state index < -0.39 is 11.8 Å². The van der Waals surface area contributed by atoms with Gasteiger partial charge in [-0.2, -0.15) is 5.26 Å². The number of carbonyl (C=O) groups is 2. The molecule has 0 saturated heterocycles. The zero-order chi connectivity index (χ0) is 13.5. The molecule has 5 nitrogen and oxygen atoms in total. The smallest absolute Gasteiger partial charge is 0.310 e. The highest BCUT2D eigenvalue weighted by molar-refractivity contribution is 9.10. The van der Waals surface area contributed by atoms with E-state index in [0.717, 1.165) is 10.0 Å². The summed E-state index contributed by atoms with van der Waals surface area (Å²) < 4.78 is 0.941. The van der Waals surface area contributed by atoms with Crippen LogP contribution in [0.15, 0.2) is 28.7 Å². The molecule has 18 heavy (non-hydrogen) atoms. The quantitative estimate of drug-likeness (QED) is 0.651. The van der Waals surface area contributed by atoms with Crippen molar-refractivity contribution in [2.45, 2.75) is 13.0 Å². The summed E-state index contributed by atoms with van der Waals surface area (Å²) in [5.74, 6) is -1.55. The molecule has 0 aliphatic heterocycles. The molecule has 1 atom stereocenters. The Kier molecular flexibility index (Phi) is 5.33. The lowest BCUT2D eigenvalue weighted by atomic mass is 10.1. The first-order chi connectivity index (χ1) is 8.54. The minimum atomic E-state index is -0.805. The van der Waals surface area contributed by atoms with E-state index in [1.54, 1.807) is 13.0 Å². The van der Waals surface area contributed by atoms with Gasteiger partial charge < -0.3 is 10.6 Å². The minimum absolute atomic E-state index is 0.182. The molecule has 1 aromatic rings. The number of hydrogen-bond donors (Lipinski definition) is 2. The van der Waals surface area contributed by atoms with Crippen LogP contribution in [-0.4, -0.2) is 18.4 Å². The summed E-state index contributed by atoms with van der Waals surface area (Å²) >= 11 is 3.32. The third-order valence-corrected chi connectivity index (χ3v) is 2.78. The zero-order valence-corrected chi connectivity index (χ0v) is 11.3. The van der Waals surface area contributed by atoms with Crippen molar-refractivity contribution in [1.29, 1.82) is 5.26 Å². The molecule has 0 fully saturated rings. The number of nitrogens with zero attached hydrogens (tertiary/aromatic N) is 1. The molecule has 0 unspecified atom stereocenters. The predicted octanol–water partition coefficient (Wildman–Crippen LogP) is 1.27. The topological polar surface area (TPSA) is 82.0 Å². The Bertz CT molecular complexity index is 479. The van der Waals surface area contributed by atoms with Gasteiger partial charge in [0.05, 0.1) is 12.1 Å². The molecule has 2 N–H and O–H groups in total. The molecule has 6 heteroatoms. The van der Waals surface area contributed by atoms with Gasteiger partial charge in [-0.05, 0) is 24.6 Å². The molecule has 0 aliphatic carbocycles. The van der Waals surface area contributed by atoms with Crippen molar-refractivity contribution in [2.24, 2.45) is 0 Å². The van der Waals surface area contributed by atoms with Crippen molar-refractivity contribution in [3.8, 4) is 6.07 Å². The highest BCUT2D eigenvalue weighted by Crippen LogP contribution is 2.16. The first kappa shape index (κ1) is 14.2. The van der Waals surface area contributed by atoms with Crippen molar-refractivity contribution in [1.82, 2.24) is 10.6 Å². The minimum Gasteiger partial charge on any atom is -0.341 e. The van der Waals surface area contributed by atoms with Gasteiger partial charge in [0.25, 0.3) is 0 Å². The van der Waals surface area contributed by atoms with Crippen LogP contribution < -0.4 is 10.6 Å². The number of carbonyl (C=O) groups excluding carboxylic acids is 2. The van der Waals surface area contributed by atoms with E-state index in [2.05, 4.69) is 26.6 Å². The van der Waals surface area contributed by atoms with Crippen LogP contribution in [0.5, 0.6) is 0 Å². The Morgan fingerprint density at radius 2 is 1.94 bits per heavy atom. The second kappa shape index (κ2) is 6.77. The second-order valence-electron chi connectivity index (χ2n) is 3.59. The van der Waals surface area contributed by atoms with Crippen molar-refractivity contribution in [2.75, 3.05) is 6.54 Å². The van der Waals surface area contributed by atoms with Crippen LogP contribution in [0, 0.1) is 11.3 Å². The molecule has 1 rings (SSSR count). The first-order valence-corrected chi connectivity index (χ1v) is 6.05. The Hall–Kier alpha value is -1.87. The van der Waals surface area contributed by atoms with E-state index in [9.17, 15) is 9.59 Å². The van der Waals surface area contributed by atoms with Crippen LogP contribution in [0.1, 0.15) is 18.5 Å². The van der Waals surface area contributed by atoms with Gasteiger partial charge in [0.1, 0.15) is 6.54 Å². The van der Waals surface area contributed by atoms with Crippen LogP contribution in [0.4, 0.5) is 0 Å². The van der Waals surface area contributed by atoms with E-state index in [1.165, 1.54) is 0 Å². The SMILES string of the molecule is C[C@H](NC(=O)C(=O)NCC#N)c1ccc(Br)cc1. The highest BCUT2D eigenvalue weighted by atomic mass is 79.9. The van der Waals surface area contributed by atoms with Gasteiger partial charge in [-0.1, -0.05) is 28.1 Å².